The van der Waals surface area contributed by atoms with Gasteiger partial charge in [0.1, 0.15) is 5.75 Å². The van der Waals surface area contributed by atoms with E-state index in [2.05, 4.69) is 0 Å². The topological polar surface area (TPSA) is 63.2 Å². The van der Waals surface area contributed by atoms with Gasteiger partial charge in [0.05, 0.1) is 13.0 Å². The molecule has 0 heterocycles. The second-order valence-electron chi connectivity index (χ2n) is 5.83. The van der Waals surface area contributed by atoms with Crippen molar-refractivity contribution in [2.24, 2.45) is 0 Å². The molecule has 0 aliphatic rings. The number of esters is 1. The van der Waals surface area contributed by atoms with Crippen LogP contribution in [0, 0.1) is 0 Å². The van der Waals surface area contributed by atoms with E-state index < -0.39 is 8.56 Å². The minimum absolute atomic E-state index is 0.241. The number of carbonyl (C=O) groups excluding carboxylic acids is 1. The first-order chi connectivity index (χ1) is 11.9. The quantitative estimate of drug-likeness (QED) is 0.243. The van der Waals surface area contributed by atoms with Gasteiger partial charge in [-0.15, -0.1) is 0 Å². The molecule has 0 saturated carbocycles. The first-order valence-electron chi connectivity index (χ1n) is 8.55. The van der Waals surface area contributed by atoms with Crippen LogP contribution < -0.4 is 4.74 Å². The van der Waals surface area contributed by atoms with Gasteiger partial charge >= 0.3 is 14.5 Å². The molecular formula is C18H30O6Si. The van der Waals surface area contributed by atoms with Gasteiger partial charge in [-0.25, -0.2) is 0 Å². The molecular weight excluding hydrogens is 340 g/mol. The Morgan fingerprint density at radius 2 is 1.80 bits per heavy atom. The lowest BCUT2D eigenvalue weighted by Gasteiger charge is -2.22. The van der Waals surface area contributed by atoms with Crippen LogP contribution in [0.4, 0.5) is 0 Å². The zero-order valence-electron chi connectivity index (χ0n) is 15.9. The Bertz CT molecular complexity index is 501. The van der Waals surface area contributed by atoms with Gasteiger partial charge in [0.25, 0.3) is 0 Å². The second-order valence-corrected chi connectivity index (χ2v) is 9.41. The van der Waals surface area contributed by atoms with Gasteiger partial charge in [0, 0.05) is 20.8 Å². The molecule has 6 nitrogen and oxygen atoms in total. The van der Waals surface area contributed by atoms with Crippen molar-refractivity contribution in [3.63, 3.8) is 0 Å². The first kappa shape index (κ1) is 21.6. The third-order valence-corrected chi connectivity index (χ3v) is 6.87. The summed E-state index contributed by atoms with van der Waals surface area (Å²) < 4.78 is 27.0. The molecule has 0 N–H and O–H groups in total. The molecule has 1 aromatic carbocycles. The normalized spacial score (nSPS) is 12.7. The maximum Gasteiger partial charge on any atom is 0.334 e. The lowest BCUT2D eigenvalue weighted by molar-refractivity contribution is -0.142. The van der Waals surface area contributed by atoms with E-state index in [0.29, 0.717) is 19.0 Å². The molecule has 0 saturated heterocycles. The van der Waals surface area contributed by atoms with Crippen LogP contribution in [0.15, 0.2) is 24.3 Å². The summed E-state index contributed by atoms with van der Waals surface area (Å²) in [4.78, 5) is 11.9. The zero-order chi connectivity index (χ0) is 18.7. The highest BCUT2D eigenvalue weighted by molar-refractivity contribution is 6.65. The monoisotopic (exact) mass is 370 g/mol. The Morgan fingerprint density at radius 1 is 1.16 bits per heavy atom. The van der Waals surface area contributed by atoms with E-state index >= 15 is 0 Å². The second kappa shape index (κ2) is 11.3. The number of hydrogen-bond acceptors (Lipinski definition) is 6. The molecule has 0 aliphatic carbocycles. The van der Waals surface area contributed by atoms with Crippen molar-refractivity contribution in [3.05, 3.63) is 29.8 Å². The van der Waals surface area contributed by atoms with Crippen LogP contribution in [0.2, 0.25) is 12.6 Å². The van der Waals surface area contributed by atoms with Crippen molar-refractivity contribution in [1.29, 1.82) is 0 Å². The number of hydrogen-bond donors (Lipinski definition) is 0. The Labute approximate surface area is 151 Å². The van der Waals surface area contributed by atoms with Crippen LogP contribution in [-0.2, 0) is 29.5 Å². The van der Waals surface area contributed by atoms with Crippen LogP contribution in [0.1, 0.15) is 25.8 Å². The minimum Gasteiger partial charge on any atom is -0.465 e. The number of benzene rings is 1. The summed E-state index contributed by atoms with van der Waals surface area (Å²) in [6.45, 7) is 6.73. The highest BCUT2D eigenvalue weighted by atomic mass is 28.4. The van der Waals surface area contributed by atoms with Gasteiger partial charge in [0.2, 0.25) is 0 Å². The summed E-state index contributed by atoms with van der Waals surface area (Å²) in [6, 6.07) is 8.15. The molecule has 0 fully saturated rings. The highest BCUT2D eigenvalue weighted by Gasteiger charge is 2.27. The third-order valence-electron chi connectivity index (χ3n) is 3.88. The summed E-state index contributed by atoms with van der Waals surface area (Å²) >= 11 is 0. The molecule has 0 spiro atoms. The Balaban J connectivity index is 2.32. The largest absolute Gasteiger partial charge is 0.465 e. The first-order valence-corrected chi connectivity index (χ1v) is 11.1. The fraction of sp³-hybridized carbons (Fsp3) is 0.611. The van der Waals surface area contributed by atoms with Crippen molar-refractivity contribution < 1.29 is 27.9 Å². The van der Waals surface area contributed by atoms with Crippen LogP contribution in [-0.4, -0.2) is 48.3 Å². The molecule has 1 unspecified atom stereocenters. The molecule has 0 bridgehead atoms. The molecule has 1 aromatic rings. The summed E-state index contributed by atoms with van der Waals surface area (Å²) in [5.41, 5.74) is 0.884. The summed E-state index contributed by atoms with van der Waals surface area (Å²) in [7, 11) is 1.23. The SMILES string of the molecule is CCOC(C)Oc1ccc(CC(=O)OCCC[Si](C)(OC)OC)cc1. The van der Waals surface area contributed by atoms with Gasteiger partial charge < -0.3 is 23.1 Å². The van der Waals surface area contributed by atoms with Crippen molar-refractivity contribution in [3.8, 4) is 5.75 Å². The van der Waals surface area contributed by atoms with E-state index in [-0.39, 0.29) is 18.7 Å². The van der Waals surface area contributed by atoms with Gasteiger partial charge in [-0.05, 0) is 50.6 Å². The average molecular weight is 371 g/mol. The smallest absolute Gasteiger partial charge is 0.334 e. The van der Waals surface area contributed by atoms with E-state index in [1.807, 2.05) is 44.7 Å². The van der Waals surface area contributed by atoms with Crippen molar-refractivity contribution in [1.82, 2.24) is 0 Å². The molecule has 0 aromatic heterocycles. The fourth-order valence-corrected chi connectivity index (χ4v) is 3.59. The lowest BCUT2D eigenvalue weighted by Crippen LogP contribution is -2.36. The number of ether oxygens (including phenoxy) is 3. The van der Waals surface area contributed by atoms with E-state index in [9.17, 15) is 4.79 Å². The van der Waals surface area contributed by atoms with Crippen molar-refractivity contribution in [2.45, 2.75) is 45.6 Å². The zero-order valence-corrected chi connectivity index (χ0v) is 16.9. The highest BCUT2D eigenvalue weighted by Crippen LogP contribution is 2.16. The molecule has 1 atom stereocenters. The maximum absolute atomic E-state index is 11.9. The van der Waals surface area contributed by atoms with Crippen molar-refractivity contribution in [2.75, 3.05) is 27.4 Å². The van der Waals surface area contributed by atoms with Crippen LogP contribution in [0.3, 0.4) is 0 Å². The standard InChI is InChI=1S/C18H30O6Si/c1-6-22-15(2)24-17-10-8-16(9-11-17)14-18(19)23-12-7-13-25(5,20-3)21-4/h8-11,15H,6-7,12-14H2,1-5H3. The van der Waals surface area contributed by atoms with E-state index in [1.165, 1.54) is 0 Å². The van der Waals surface area contributed by atoms with E-state index in [1.54, 1.807) is 14.2 Å². The maximum atomic E-state index is 11.9. The van der Waals surface area contributed by atoms with E-state index in [0.717, 1.165) is 18.0 Å². The molecule has 142 valence electrons. The Kier molecular flexibility index (Phi) is 9.73. The van der Waals surface area contributed by atoms with Gasteiger partial charge in [0.15, 0.2) is 6.29 Å². The van der Waals surface area contributed by atoms with Crippen LogP contribution >= 0.6 is 0 Å². The predicted octanol–water partition coefficient (Wildman–Crippen LogP) is 3.29. The van der Waals surface area contributed by atoms with Crippen molar-refractivity contribution >= 4 is 14.5 Å². The summed E-state index contributed by atoms with van der Waals surface area (Å²) in [6.07, 6.45) is 0.678. The lowest BCUT2D eigenvalue weighted by atomic mass is 10.1. The Morgan fingerprint density at radius 3 is 2.36 bits per heavy atom. The molecule has 0 amide bonds. The number of carbonyl (C=O) groups is 1. The van der Waals surface area contributed by atoms with Gasteiger partial charge in [-0.3, -0.25) is 4.79 Å². The molecule has 25 heavy (non-hydrogen) atoms. The predicted molar refractivity (Wildman–Crippen MR) is 97.9 cm³/mol. The van der Waals surface area contributed by atoms with Crippen LogP contribution in [0.25, 0.3) is 0 Å². The Hall–Kier alpha value is -1.41. The summed E-state index contributed by atoms with van der Waals surface area (Å²) in [5.74, 6) is 0.469. The van der Waals surface area contributed by atoms with Gasteiger partial charge in [-0.2, -0.15) is 0 Å². The minimum atomic E-state index is -2.08. The average Bonchev–Trinajstić information content (AvgIpc) is 2.60. The fourth-order valence-electron chi connectivity index (χ4n) is 2.23. The molecule has 0 aliphatic heterocycles. The third kappa shape index (κ3) is 8.49. The molecule has 1 rings (SSSR count). The molecule has 7 heteroatoms. The van der Waals surface area contributed by atoms with E-state index in [4.69, 9.17) is 23.1 Å². The van der Waals surface area contributed by atoms with Gasteiger partial charge in [-0.1, -0.05) is 12.1 Å². The summed E-state index contributed by atoms with van der Waals surface area (Å²) in [5, 5.41) is 0. The molecule has 0 radical (unpaired) electrons. The number of rotatable bonds is 12. The van der Waals surface area contributed by atoms with Crippen LogP contribution in [0.5, 0.6) is 5.75 Å².